The molecule has 0 aromatic heterocycles. The van der Waals surface area contributed by atoms with Crippen molar-refractivity contribution in [1.29, 1.82) is 0 Å². The Balaban J connectivity index is 3.18. The number of para-hydroxylation sites is 1. The average Bonchev–Trinajstić information content (AvgIpc) is 2.65. The minimum atomic E-state index is -1.47. The number of methoxy groups -OCH3 is 2. The van der Waals surface area contributed by atoms with Crippen LogP contribution in [-0.2, 0) is 28.7 Å². The third kappa shape index (κ3) is 5.53. The Hall–Kier alpha value is -3.43. The highest BCUT2D eigenvalue weighted by Gasteiger charge is 2.41. The SMILES string of the molecule is COC(=O)C(C(=O)OC)[C@@H](C)[C@@H](NC(=O)c1ccccc1NC(C)=O)C(N)=O. The van der Waals surface area contributed by atoms with Crippen molar-refractivity contribution in [3.05, 3.63) is 29.8 Å². The molecule has 1 aromatic carbocycles. The van der Waals surface area contributed by atoms with E-state index in [0.717, 1.165) is 14.2 Å². The van der Waals surface area contributed by atoms with Crippen LogP contribution in [0.3, 0.4) is 0 Å². The molecule has 2 atom stereocenters. The van der Waals surface area contributed by atoms with Crippen molar-refractivity contribution < 1.29 is 33.4 Å². The van der Waals surface area contributed by atoms with Gasteiger partial charge in [0, 0.05) is 12.8 Å². The molecule has 10 heteroatoms. The summed E-state index contributed by atoms with van der Waals surface area (Å²) in [6, 6.07) is 4.72. The van der Waals surface area contributed by atoms with Crippen LogP contribution >= 0.6 is 0 Å². The fourth-order valence-corrected chi connectivity index (χ4v) is 2.63. The lowest BCUT2D eigenvalue weighted by molar-refractivity contribution is -0.162. The molecule has 0 aliphatic heterocycles. The van der Waals surface area contributed by atoms with Gasteiger partial charge in [0.2, 0.25) is 11.8 Å². The van der Waals surface area contributed by atoms with Gasteiger partial charge in [-0.05, 0) is 12.1 Å². The maximum atomic E-state index is 12.7. The Morgan fingerprint density at radius 2 is 1.54 bits per heavy atom. The minimum absolute atomic E-state index is 0.0730. The molecule has 28 heavy (non-hydrogen) atoms. The fourth-order valence-electron chi connectivity index (χ4n) is 2.63. The van der Waals surface area contributed by atoms with Crippen molar-refractivity contribution in [2.75, 3.05) is 19.5 Å². The third-order valence-electron chi connectivity index (χ3n) is 4.04. The molecule has 0 spiro atoms. The monoisotopic (exact) mass is 393 g/mol. The molecule has 0 bridgehead atoms. The van der Waals surface area contributed by atoms with Crippen LogP contribution < -0.4 is 16.4 Å². The number of primary amides is 1. The second kappa shape index (κ2) is 10.0. The summed E-state index contributed by atoms with van der Waals surface area (Å²) < 4.78 is 9.17. The van der Waals surface area contributed by atoms with Crippen LogP contribution in [0.5, 0.6) is 0 Å². The summed E-state index contributed by atoms with van der Waals surface area (Å²) in [7, 11) is 2.15. The molecule has 0 fully saturated rings. The van der Waals surface area contributed by atoms with Crippen LogP contribution in [-0.4, -0.2) is 49.9 Å². The maximum Gasteiger partial charge on any atom is 0.320 e. The van der Waals surface area contributed by atoms with Crippen LogP contribution in [0.15, 0.2) is 24.3 Å². The van der Waals surface area contributed by atoms with Gasteiger partial charge in [-0.15, -0.1) is 0 Å². The standard InChI is InChI=1S/C18H23N3O7/c1-9(13(17(25)27-3)18(26)28-4)14(15(19)23)21-16(24)11-7-5-6-8-12(11)20-10(2)22/h5-9,13-14H,1-4H3,(H2,19,23)(H,20,22)(H,21,24)/t9-,14-/m1/s1. The number of esters is 2. The first-order valence-corrected chi connectivity index (χ1v) is 8.26. The van der Waals surface area contributed by atoms with Crippen LogP contribution in [0.25, 0.3) is 0 Å². The smallest absolute Gasteiger partial charge is 0.320 e. The number of ether oxygens (including phenoxy) is 2. The van der Waals surface area contributed by atoms with E-state index in [1.165, 1.54) is 26.0 Å². The molecule has 0 aliphatic carbocycles. The molecule has 0 heterocycles. The topological polar surface area (TPSA) is 154 Å². The summed E-state index contributed by atoms with van der Waals surface area (Å²) in [6.07, 6.45) is 0. The van der Waals surface area contributed by atoms with E-state index in [1.54, 1.807) is 12.1 Å². The summed E-state index contributed by atoms with van der Waals surface area (Å²) in [5, 5.41) is 4.90. The normalized spacial score (nSPS) is 12.5. The van der Waals surface area contributed by atoms with Crippen LogP contribution in [0.2, 0.25) is 0 Å². The van der Waals surface area contributed by atoms with E-state index in [0.29, 0.717) is 0 Å². The third-order valence-corrected chi connectivity index (χ3v) is 4.04. The van der Waals surface area contributed by atoms with E-state index in [1.807, 2.05) is 0 Å². The second-order valence-electron chi connectivity index (χ2n) is 5.96. The van der Waals surface area contributed by atoms with Gasteiger partial charge in [0.05, 0.1) is 25.5 Å². The number of carbonyl (C=O) groups excluding carboxylic acids is 5. The number of nitrogens with two attached hydrogens (primary N) is 1. The summed E-state index contributed by atoms with van der Waals surface area (Å²) in [5.74, 6) is -6.48. The summed E-state index contributed by atoms with van der Waals surface area (Å²) in [5.41, 5.74) is 5.67. The Bertz CT molecular complexity index is 762. The summed E-state index contributed by atoms with van der Waals surface area (Å²) in [6.45, 7) is 2.66. The number of hydrogen-bond acceptors (Lipinski definition) is 7. The number of benzene rings is 1. The number of hydrogen-bond donors (Lipinski definition) is 3. The predicted octanol–water partition coefficient (Wildman–Crippen LogP) is -0.173. The molecule has 4 N–H and O–H groups in total. The molecule has 0 saturated carbocycles. The van der Waals surface area contributed by atoms with Crippen molar-refractivity contribution in [3.8, 4) is 0 Å². The number of carbonyl (C=O) groups is 5. The molecule has 152 valence electrons. The first-order chi connectivity index (χ1) is 13.1. The number of rotatable bonds is 8. The van der Waals surface area contributed by atoms with Gasteiger partial charge in [-0.3, -0.25) is 24.0 Å². The van der Waals surface area contributed by atoms with Crippen molar-refractivity contribution in [3.63, 3.8) is 0 Å². The number of nitrogens with one attached hydrogen (secondary N) is 2. The predicted molar refractivity (Wildman–Crippen MR) is 97.9 cm³/mol. The van der Waals surface area contributed by atoms with Gasteiger partial charge in [-0.1, -0.05) is 19.1 Å². The molecule has 1 rings (SSSR count). The van der Waals surface area contributed by atoms with Gasteiger partial charge in [0.1, 0.15) is 6.04 Å². The van der Waals surface area contributed by atoms with Crippen molar-refractivity contribution in [2.45, 2.75) is 19.9 Å². The minimum Gasteiger partial charge on any atom is -0.468 e. The average molecular weight is 393 g/mol. The Kier molecular flexibility index (Phi) is 8.11. The Morgan fingerprint density at radius 3 is 2.00 bits per heavy atom. The van der Waals surface area contributed by atoms with Gasteiger partial charge < -0.3 is 25.8 Å². The highest BCUT2D eigenvalue weighted by Crippen LogP contribution is 2.21. The zero-order chi connectivity index (χ0) is 21.4. The van der Waals surface area contributed by atoms with E-state index >= 15 is 0 Å². The molecule has 0 radical (unpaired) electrons. The first kappa shape index (κ1) is 22.6. The lowest BCUT2D eigenvalue weighted by Gasteiger charge is -2.27. The largest absolute Gasteiger partial charge is 0.468 e. The van der Waals surface area contributed by atoms with Crippen LogP contribution in [0, 0.1) is 11.8 Å². The molecule has 0 saturated heterocycles. The fraction of sp³-hybridized carbons (Fsp3) is 0.389. The van der Waals surface area contributed by atoms with Gasteiger partial charge in [-0.2, -0.15) is 0 Å². The van der Waals surface area contributed by atoms with Crippen molar-refractivity contribution in [1.82, 2.24) is 5.32 Å². The van der Waals surface area contributed by atoms with Crippen molar-refractivity contribution in [2.24, 2.45) is 17.6 Å². The van der Waals surface area contributed by atoms with Gasteiger partial charge in [0.25, 0.3) is 5.91 Å². The van der Waals surface area contributed by atoms with Crippen LogP contribution in [0.1, 0.15) is 24.2 Å². The Morgan fingerprint density at radius 1 is 1.00 bits per heavy atom. The van der Waals surface area contributed by atoms with Crippen LogP contribution in [0.4, 0.5) is 5.69 Å². The molecule has 3 amide bonds. The highest BCUT2D eigenvalue weighted by atomic mass is 16.5. The number of amides is 3. The van der Waals surface area contributed by atoms with Crippen molar-refractivity contribution >= 4 is 35.3 Å². The number of anilines is 1. The molecular weight excluding hydrogens is 370 g/mol. The summed E-state index contributed by atoms with van der Waals surface area (Å²) >= 11 is 0. The van der Waals surface area contributed by atoms with E-state index in [2.05, 4.69) is 20.1 Å². The lowest BCUT2D eigenvalue weighted by Crippen LogP contribution is -2.53. The van der Waals surface area contributed by atoms with Gasteiger partial charge in [0.15, 0.2) is 5.92 Å². The summed E-state index contributed by atoms with van der Waals surface area (Å²) in [4.78, 5) is 59.9. The Labute approximate surface area is 161 Å². The van der Waals surface area contributed by atoms with E-state index < -0.39 is 47.5 Å². The lowest BCUT2D eigenvalue weighted by atomic mass is 9.86. The highest BCUT2D eigenvalue weighted by molar-refractivity contribution is 6.05. The molecule has 0 unspecified atom stereocenters. The second-order valence-corrected chi connectivity index (χ2v) is 5.96. The maximum absolute atomic E-state index is 12.7. The van der Waals surface area contributed by atoms with Gasteiger partial charge in [-0.25, -0.2) is 0 Å². The van der Waals surface area contributed by atoms with E-state index in [-0.39, 0.29) is 11.3 Å². The molecule has 0 aliphatic rings. The molecule has 1 aromatic rings. The van der Waals surface area contributed by atoms with E-state index in [4.69, 9.17) is 5.73 Å². The molecular formula is C18H23N3O7. The van der Waals surface area contributed by atoms with Gasteiger partial charge >= 0.3 is 11.9 Å². The van der Waals surface area contributed by atoms with E-state index in [9.17, 15) is 24.0 Å². The quantitative estimate of drug-likeness (QED) is 0.409. The first-order valence-electron chi connectivity index (χ1n) is 8.26. The zero-order valence-electron chi connectivity index (χ0n) is 16.0. The zero-order valence-corrected chi connectivity index (χ0v) is 16.0. The molecule has 10 nitrogen and oxygen atoms in total.